The number of carbonyl (C=O) groups is 1. The molecule has 1 N–H and O–H groups in total. The quantitative estimate of drug-likeness (QED) is 0.764. The van der Waals surface area contributed by atoms with Crippen LogP contribution < -0.4 is 0 Å². The summed E-state index contributed by atoms with van der Waals surface area (Å²) in [6.07, 6.45) is 4.84. The van der Waals surface area contributed by atoms with Crippen LogP contribution in [0.4, 0.5) is 0 Å². The lowest BCUT2D eigenvalue weighted by Crippen LogP contribution is -2.18. The van der Waals surface area contributed by atoms with Gasteiger partial charge in [-0.2, -0.15) is 0 Å². The normalized spacial score (nSPS) is 20.5. The van der Waals surface area contributed by atoms with E-state index in [1.165, 1.54) is 5.69 Å². The van der Waals surface area contributed by atoms with Crippen molar-refractivity contribution in [3.05, 3.63) is 17.7 Å². The van der Waals surface area contributed by atoms with Crippen LogP contribution in [0.1, 0.15) is 24.2 Å². The van der Waals surface area contributed by atoms with Crippen LogP contribution in [0.15, 0.2) is 6.33 Å². The summed E-state index contributed by atoms with van der Waals surface area (Å²) < 4.78 is 2.03. The molecule has 0 aliphatic heterocycles. The number of hydrogen-bond donors (Lipinski definition) is 1. The summed E-state index contributed by atoms with van der Waals surface area (Å²) in [4.78, 5) is 14.8. The molecule has 1 aromatic heterocycles. The Morgan fingerprint density at radius 3 is 3.29 bits per heavy atom. The van der Waals surface area contributed by atoms with Crippen molar-refractivity contribution in [2.24, 2.45) is 13.0 Å². The zero-order valence-corrected chi connectivity index (χ0v) is 8.23. The largest absolute Gasteiger partial charge is 0.481 e. The van der Waals surface area contributed by atoms with Gasteiger partial charge in [0.2, 0.25) is 0 Å². The van der Waals surface area contributed by atoms with Crippen molar-refractivity contribution in [1.82, 2.24) is 9.55 Å². The molecule has 1 heterocycles. The second kappa shape index (κ2) is 3.44. The Hall–Kier alpha value is -1.32. The second-order valence-electron chi connectivity index (χ2n) is 3.96. The van der Waals surface area contributed by atoms with Gasteiger partial charge in [0, 0.05) is 19.2 Å². The van der Waals surface area contributed by atoms with Crippen molar-refractivity contribution in [3.8, 4) is 0 Å². The van der Waals surface area contributed by atoms with Gasteiger partial charge in [-0.1, -0.05) is 0 Å². The zero-order chi connectivity index (χ0) is 10.1. The Bertz CT molecular complexity index is 357. The molecule has 0 bridgehead atoms. The fourth-order valence-corrected chi connectivity index (χ4v) is 2.13. The Balaban J connectivity index is 2.10. The van der Waals surface area contributed by atoms with E-state index in [0.29, 0.717) is 0 Å². The molecule has 14 heavy (non-hydrogen) atoms. The summed E-state index contributed by atoms with van der Waals surface area (Å²) in [5, 5.41) is 8.69. The van der Waals surface area contributed by atoms with Gasteiger partial charge in [-0.25, -0.2) is 4.98 Å². The van der Waals surface area contributed by atoms with Crippen LogP contribution in [0.3, 0.4) is 0 Å². The van der Waals surface area contributed by atoms with Gasteiger partial charge >= 0.3 is 5.97 Å². The van der Waals surface area contributed by atoms with Gasteiger partial charge in [0.15, 0.2) is 0 Å². The Labute approximate surface area is 82.6 Å². The molecule has 76 valence electrons. The molecule has 0 amide bonds. The van der Waals surface area contributed by atoms with Crippen molar-refractivity contribution in [3.63, 3.8) is 0 Å². The molecule has 1 unspecified atom stereocenters. The molecule has 0 spiro atoms. The molecule has 4 heteroatoms. The minimum absolute atomic E-state index is 0.273. The van der Waals surface area contributed by atoms with Gasteiger partial charge < -0.3 is 9.67 Å². The van der Waals surface area contributed by atoms with E-state index < -0.39 is 5.97 Å². The minimum Gasteiger partial charge on any atom is -0.481 e. The minimum atomic E-state index is -0.700. The number of rotatable bonds is 2. The van der Waals surface area contributed by atoms with Gasteiger partial charge in [-0.3, -0.25) is 4.79 Å². The Morgan fingerprint density at radius 1 is 1.79 bits per heavy atom. The summed E-state index contributed by atoms with van der Waals surface area (Å²) in [5.74, 6) is -0.427. The van der Waals surface area contributed by atoms with E-state index in [0.717, 1.165) is 25.0 Å². The summed E-state index contributed by atoms with van der Waals surface area (Å²) in [7, 11) is 1.99. The molecule has 1 atom stereocenters. The predicted octanol–water partition coefficient (Wildman–Crippen LogP) is 1.000. The lowest BCUT2D eigenvalue weighted by Gasteiger charge is -2.20. The highest BCUT2D eigenvalue weighted by molar-refractivity contribution is 5.67. The van der Waals surface area contributed by atoms with Crippen LogP contribution in [0, 0.1) is 5.92 Å². The third-order valence-electron chi connectivity index (χ3n) is 2.88. The van der Waals surface area contributed by atoms with Crippen molar-refractivity contribution in [1.29, 1.82) is 0 Å². The lowest BCUT2D eigenvalue weighted by molar-refractivity contribution is -0.138. The van der Waals surface area contributed by atoms with Crippen molar-refractivity contribution >= 4 is 5.97 Å². The highest BCUT2D eigenvalue weighted by Crippen LogP contribution is 2.26. The summed E-state index contributed by atoms with van der Waals surface area (Å²) >= 11 is 0. The Morgan fingerprint density at radius 2 is 2.57 bits per heavy atom. The molecule has 1 aliphatic rings. The number of carboxylic acids is 1. The molecule has 0 fully saturated rings. The molecule has 2 rings (SSSR count). The van der Waals surface area contributed by atoms with Crippen LogP contribution in [0.2, 0.25) is 0 Å². The van der Waals surface area contributed by atoms with E-state index in [1.54, 1.807) is 0 Å². The van der Waals surface area contributed by atoms with Crippen molar-refractivity contribution in [2.45, 2.75) is 25.7 Å². The molecule has 4 nitrogen and oxygen atoms in total. The van der Waals surface area contributed by atoms with E-state index in [4.69, 9.17) is 5.11 Å². The molecule has 0 radical (unpaired) electrons. The molecular weight excluding hydrogens is 180 g/mol. The standard InChI is InChI=1S/C10H14N2O2/c1-12-6-11-8-4-7(5-10(13)14)2-3-9(8)12/h6-7H,2-5H2,1H3,(H,13,14). The SMILES string of the molecule is Cn1cnc2c1CCC(CC(=O)O)C2. The molecular formula is C10H14N2O2. The summed E-state index contributed by atoms with van der Waals surface area (Å²) in [5.41, 5.74) is 2.36. The number of hydrogen-bond acceptors (Lipinski definition) is 2. The highest BCUT2D eigenvalue weighted by atomic mass is 16.4. The number of aromatic nitrogens is 2. The molecule has 0 aromatic carbocycles. The second-order valence-corrected chi connectivity index (χ2v) is 3.96. The maximum absolute atomic E-state index is 10.6. The molecule has 1 aliphatic carbocycles. The first kappa shape index (κ1) is 9.24. The predicted molar refractivity (Wildman–Crippen MR) is 51.0 cm³/mol. The third-order valence-corrected chi connectivity index (χ3v) is 2.88. The van der Waals surface area contributed by atoms with E-state index in [-0.39, 0.29) is 12.3 Å². The van der Waals surface area contributed by atoms with Crippen LogP contribution in [0.5, 0.6) is 0 Å². The van der Waals surface area contributed by atoms with E-state index in [9.17, 15) is 4.79 Å². The third kappa shape index (κ3) is 1.64. The fourth-order valence-electron chi connectivity index (χ4n) is 2.13. The highest BCUT2D eigenvalue weighted by Gasteiger charge is 2.23. The number of imidazole rings is 1. The Kier molecular flexibility index (Phi) is 2.27. The molecule has 0 saturated carbocycles. The van der Waals surface area contributed by atoms with E-state index in [2.05, 4.69) is 4.98 Å². The zero-order valence-electron chi connectivity index (χ0n) is 8.23. The van der Waals surface area contributed by atoms with Crippen LogP contribution in [-0.4, -0.2) is 20.6 Å². The first-order valence-electron chi connectivity index (χ1n) is 4.87. The van der Waals surface area contributed by atoms with Gasteiger partial charge in [0.05, 0.1) is 12.0 Å². The average molecular weight is 194 g/mol. The first-order valence-corrected chi connectivity index (χ1v) is 4.87. The van der Waals surface area contributed by atoms with Gasteiger partial charge in [-0.05, 0) is 25.2 Å². The molecule has 1 aromatic rings. The van der Waals surface area contributed by atoms with E-state index >= 15 is 0 Å². The van der Waals surface area contributed by atoms with Crippen LogP contribution >= 0.6 is 0 Å². The number of carboxylic acid groups (broad SMARTS) is 1. The van der Waals surface area contributed by atoms with Gasteiger partial charge in [-0.15, -0.1) is 0 Å². The maximum Gasteiger partial charge on any atom is 0.303 e. The monoisotopic (exact) mass is 194 g/mol. The lowest BCUT2D eigenvalue weighted by atomic mass is 9.87. The number of aryl methyl sites for hydroxylation is 1. The average Bonchev–Trinajstić information content (AvgIpc) is 2.46. The van der Waals surface area contributed by atoms with Gasteiger partial charge in [0.1, 0.15) is 0 Å². The summed E-state index contributed by atoms with van der Waals surface area (Å²) in [6, 6.07) is 0. The molecule has 0 saturated heterocycles. The summed E-state index contributed by atoms with van der Waals surface area (Å²) in [6.45, 7) is 0. The van der Waals surface area contributed by atoms with Gasteiger partial charge in [0.25, 0.3) is 0 Å². The van der Waals surface area contributed by atoms with Crippen molar-refractivity contribution < 1.29 is 9.90 Å². The number of nitrogens with zero attached hydrogens (tertiary/aromatic N) is 2. The van der Waals surface area contributed by atoms with E-state index in [1.807, 2.05) is 17.9 Å². The van der Waals surface area contributed by atoms with Crippen molar-refractivity contribution in [2.75, 3.05) is 0 Å². The smallest absolute Gasteiger partial charge is 0.303 e. The fraction of sp³-hybridized carbons (Fsp3) is 0.600. The first-order chi connectivity index (χ1) is 6.66. The maximum atomic E-state index is 10.6. The number of aliphatic carboxylic acids is 1. The van der Waals surface area contributed by atoms with Crippen LogP contribution in [-0.2, 0) is 24.7 Å². The number of fused-ring (bicyclic) bond motifs is 1. The topological polar surface area (TPSA) is 55.1 Å². The van der Waals surface area contributed by atoms with Crippen LogP contribution in [0.25, 0.3) is 0 Å².